The second-order valence-electron chi connectivity index (χ2n) is 9.34. The number of carbonyl (C=O) groups is 2. The maximum absolute atomic E-state index is 13.6. The Hall–Kier alpha value is -4.18. The minimum absolute atomic E-state index is 0.0556. The minimum Gasteiger partial charge on any atom is -0.362 e. The van der Waals surface area contributed by atoms with Crippen molar-refractivity contribution in [2.45, 2.75) is 33.5 Å². The molecule has 3 N–H and O–H groups in total. The van der Waals surface area contributed by atoms with Crippen LogP contribution in [0.15, 0.2) is 29.1 Å². The number of hydrogen-bond acceptors (Lipinski definition) is 9. The van der Waals surface area contributed by atoms with E-state index in [2.05, 4.69) is 26.2 Å². The number of benzene rings is 1. The molecule has 3 heterocycles. The third-order valence-electron chi connectivity index (χ3n) is 6.57. The molecular formula is C25H32F3N9O4. The Morgan fingerprint density at radius 2 is 1.76 bits per heavy atom. The molecular weight excluding hydrogens is 547 g/mol. The van der Waals surface area contributed by atoms with Crippen LogP contribution in [0.1, 0.15) is 25.1 Å². The topological polar surface area (TPSA) is 138 Å². The number of hydrogen-bond donors (Lipinski definition) is 3. The molecule has 1 saturated heterocycles. The Balaban J connectivity index is 1.64. The van der Waals surface area contributed by atoms with E-state index in [1.807, 2.05) is 11.8 Å². The molecule has 1 fully saturated rings. The summed E-state index contributed by atoms with van der Waals surface area (Å²) in [5.74, 6) is -0.319. The van der Waals surface area contributed by atoms with Crippen LogP contribution < -0.4 is 26.6 Å². The minimum atomic E-state index is -4.49. The fraction of sp³-hybridized carbons (Fsp3) is 0.480. The van der Waals surface area contributed by atoms with Crippen molar-refractivity contribution in [3.05, 3.63) is 45.9 Å². The van der Waals surface area contributed by atoms with E-state index in [1.54, 1.807) is 11.8 Å². The van der Waals surface area contributed by atoms with Crippen molar-refractivity contribution in [2.75, 3.05) is 61.4 Å². The van der Waals surface area contributed by atoms with Gasteiger partial charge in [-0.25, -0.2) is 5.48 Å². The van der Waals surface area contributed by atoms with Crippen molar-refractivity contribution in [3.63, 3.8) is 0 Å². The van der Waals surface area contributed by atoms with Gasteiger partial charge in [0.15, 0.2) is 0 Å². The quantitative estimate of drug-likeness (QED) is 0.241. The van der Waals surface area contributed by atoms with Gasteiger partial charge >= 0.3 is 6.18 Å². The van der Waals surface area contributed by atoms with Gasteiger partial charge in [0.1, 0.15) is 12.2 Å². The first-order valence-electron chi connectivity index (χ1n) is 13.1. The third-order valence-corrected chi connectivity index (χ3v) is 6.57. The average Bonchev–Trinajstić information content (AvgIpc) is 3.35. The lowest BCUT2D eigenvalue weighted by molar-refractivity contribution is -0.137. The van der Waals surface area contributed by atoms with E-state index in [9.17, 15) is 27.6 Å². The average molecular weight is 580 g/mol. The molecule has 16 heteroatoms. The van der Waals surface area contributed by atoms with E-state index in [0.29, 0.717) is 57.3 Å². The van der Waals surface area contributed by atoms with Crippen LogP contribution in [0.5, 0.6) is 0 Å². The van der Waals surface area contributed by atoms with E-state index in [4.69, 9.17) is 4.84 Å². The number of hydroxylamine groups is 1. The molecule has 1 aliphatic rings. The summed E-state index contributed by atoms with van der Waals surface area (Å²) in [6, 6.07) is 4.11. The first-order chi connectivity index (χ1) is 19.5. The Bertz CT molecular complexity index is 1450. The Morgan fingerprint density at radius 1 is 1.07 bits per heavy atom. The molecule has 0 aliphatic carbocycles. The predicted molar refractivity (Wildman–Crippen MR) is 145 cm³/mol. The SMILES string of the molecule is CCONCCNc1nc2n(CC(=O)Nc3ccc(C(F)(F)F)cc3)c(C)c(N3CCN(C(C)=O)CC3)c(=O)n2n1. The van der Waals surface area contributed by atoms with Crippen molar-refractivity contribution in [2.24, 2.45) is 0 Å². The lowest BCUT2D eigenvalue weighted by Gasteiger charge is -2.36. The van der Waals surface area contributed by atoms with Crippen LogP contribution in [0.3, 0.4) is 0 Å². The van der Waals surface area contributed by atoms with Gasteiger partial charge in [-0.05, 0) is 38.1 Å². The number of halogens is 3. The summed E-state index contributed by atoms with van der Waals surface area (Å²) in [5.41, 5.74) is 2.45. The van der Waals surface area contributed by atoms with Gasteiger partial charge in [-0.2, -0.15) is 22.7 Å². The van der Waals surface area contributed by atoms with Crippen LogP contribution >= 0.6 is 0 Å². The van der Waals surface area contributed by atoms with Crippen molar-refractivity contribution in [1.29, 1.82) is 0 Å². The van der Waals surface area contributed by atoms with Gasteiger partial charge in [0.2, 0.25) is 23.5 Å². The molecule has 0 atom stereocenters. The standard InChI is InChI=1S/C25H32F3N9O4/c1-4-41-30-10-9-29-23-32-24-36(15-20(39)31-19-7-5-18(6-8-19)25(26,27)28)16(2)21(22(40)37(24)33-23)35-13-11-34(12-14-35)17(3)38/h5-8,30H,4,9-15H2,1-3H3,(H,29,33)(H,31,39). The number of fused-ring (bicyclic) bond motifs is 1. The maximum atomic E-state index is 13.6. The summed E-state index contributed by atoms with van der Waals surface area (Å²) in [5, 5.41) is 9.92. The number of alkyl halides is 3. The first-order valence-corrected chi connectivity index (χ1v) is 13.1. The summed E-state index contributed by atoms with van der Waals surface area (Å²) in [6.07, 6.45) is -4.49. The van der Waals surface area contributed by atoms with Crippen LogP contribution in [0.4, 0.5) is 30.5 Å². The second-order valence-corrected chi connectivity index (χ2v) is 9.34. The zero-order valence-corrected chi connectivity index (χ0v) is 22.9. The molecule has 0 unspecified atom stereocenters. The van der Waals surface area contributed by atoms with Gasteiger partial charge in [0, 0.05) is 57.6 Å². The van der Waals surface area contributed by atoms with Crippen LogP contribution in [0, 0.1) is 6.92 Å². The summed E-state index contributed by atoms with van der Waals surface area (Å²) in [4.78, 5) is 51.5. The molecule has 0 radical (unpaired) electrons. The zero-order valence-electron chi connectivity index (χ0n) is 22.9. The Kier molecular flexibility index (Phi) is 9.12. The number of nitrogens with one attached hydrogen (secondary N) is 3. The second kappa shape index (κ2) is 12.6. The van der Waals surface area contributed by atoms with Crippen molar-refractivity contribution in [3.8, 4) is 0 Å². The lowest BCUT2D eigenvalue weighted by atomic mass is 10.2. The van der Waals surface area contributed by atoms with Gasteiger partial charge in [-0.3, -0.25) is 14.4 Å². The fourth-order valence-corrected chi connectivity index (χ4v) is 4.51. The molecule has 2 amide bonds. The zero-order chi connectivity index (χ0) is 29.7. The maximum Gasteiger partial charge on any atom is 0.416 e. The van der Waals surface area contributed by atoms with E-state index in [-0.39, 0.29) is 29.9 Å². The molecule has 0 bridgehead atoms. The molecule has 2 aromatic heterocycles. The summed E-state index contributed by atoms with van der Waals surface area (Å²) < 4.78 is 41.4. The monoisotopic (exact) mass is 579 g/mol. The fourth-order valence-electron chi connectivity index (χ4n) is 4.51. The van der Waals surface area contributed by atoms with Crippen LogP contribution in [-0.4, -0.2) is 81.8 Å². The lowest BCUT2D eigenvalue weighted by Crippen LogP contribution is -2.50. The normalized spacial score (nSPS) is 14.0. The summed E-state index contributed by atoms with van der Waals surface area (Å²) in [6.45, 7) is 7.71. The highest BCUT2D eigenvalue weighted by molar-refractivity contribution is 5.91. The van der Waals surface area contributed by atoms with Crippen LogP contribution in [0.25, 0.3) is 5.78 Å². The van der Waals surface area contributed by atoms with Gasteiger partial charge in [-0.1, -0.05) is 0 Å². The van der Waals surface area contributed by atoms with Crippen molar-refractivity contribution < 1.29 is 27.6 Å². The highest BCUT2D eigenvalue weighted by Gasteiger charge is 2.30. The van der Waals surface area contributed by atoms with E-state index in [0.717, 1.165) is 16.6 Å². The molecule has 0 spiro atoms. The number of carbonyl (C=O) groups excluding carboxylic acids is 2. The van der Waals surface area contributed by atoms with E-state index in [1.165, 1.54) is 23.6 Å². The molecule has 41 heavy (non-hydrogen) atoms. The molecule has 1 aromatic carbocycles. The molecule has 3 aromatic rings. The predicted octanol–water partition coefficient (Wildman–Crippen LogP) is 1.48. The molecule has 4 rings (SSSR count). The van der Waals surface area contributed by atoms with Gasteiger partial charge in [0.05, 0.1) is 12.2 Å². The highest BCUT2D eigenvalue weighted by Crippen LogP contribution is 2.30. The van der Waals surface area contributed by atoms with Crippen molar-refractivity contribution in [1.82, 2.24) is 29.5 Å². The van der Waals surface area contributed by atoms with Gasteiger partial charge in [0.25, 0.3) is 5.56 Å². The summed E-state index contributed by atoms with van der Waals surface area (Å²) >= 11 is 0. The highest BCUT2D eigenvalue weighted by atomic mass is 19.4. The van der Waals surface area contributed by atoms with Crippen LogP contribution in [-0.2, 0) is 27.1 Å². The number of anilines is 3. The third kappa shape index (κ3) is 6.94. The van der Waals surface area contributed by atoms with Crippen molar-refractivity contribution >= 4 is 34.9 Å². The van der Waals surface area contributed by atoms with Gasteiger partial charge < -0.3 is 29.8 Å². The number of rotatable bonds is 10. The first kappa shape index (κ1) is 29.8. The number of amides is 2. The Labute approximate surface area is 233 Å². The Morgan fingerprint density at radius 3 is 2.37 bits per heavy atom. The van der Waals surface area contributed by atoms with Crippen LogP contribution in [0.2, 0.25) is 0 Å². The smallest absolute Gasteiger partial charge is 0.362 e. The largest absolute Gasteiger partial charge is 0.416 e. The summed E-state index contributed by atoms with van der Waals surface area (Å²) in [7, 11) is 0. The molecule has 1 aliphatic heterocycles. The number of nitrogens with zero attached hydrogens (tertiary/aromatic N) is 6. The number of aromatic nitrogens is 4. The molecule has 0 saturated carbocycles. The van der Waals surface area contributed by atoms with E-state index < -0.39 is 23.2 Å². The molecule has 13 nitrogen and oxygen atoms in total. The van der Waals surface area contributed by atoms with Gasteiger partial charge in [-0.15, -0.1) is 5.10 Å². The van der Waals surface area contributed by atoms with E-state index >= 15 is 0 Å². The molecule has 222 valence electrons. The number of piperazine rings is 1.